The van der Waals surface area contributed by atoms with Gasteiger partial charge in [0.2, 0.25) is 0 Å². The van der Waals surface area contributed by atoms with Gasteiger partial charge in [-0.25, -0.2) is 4.79 Å². The number of hydrogen-bond acceptors (Lipinski definition) is 1. The number of allylic oxidation sites excluding steroid dienone is 4. The molecule has 0 radical (unpaired) electrons. The second-order valence-corrected chi connectivity index (χ2v) is 3.23. The van der Waals surface area contributed by atoms with Gasteiger partial charge in [0, 0.05) is 12.7 Å². The summed E-state index contributed by atoms with van der Waals surface area (Å²) in [5.41, 5.74) is 2.82. The smallest absolute Gasteiger partial charge is 0.318 e. The Labute approximate surface area is 91.9 Å². The fourth-order valence-corrected chi connectivity index (χ4v) is 1.05. The Bertz CT molecular complexity index is 301. The fraction of sp³-hybridized carbons (Fsp3) is 0.417. The average molecular weight is 208 g/mol. The van der Waals surface area contributed by atoms with E-state index in [1.807, 2.05) is 19.9 Å². The van der Waals surface area contributed by atoms with Gasteiger partial charge in [0.15, 0.2) is 0 Å². The Balaban J connectivity index is 4.50. The normalized spacial score (nSPS) is 12.3. The maximum Gasteiger partial charge on any atom is 0.318 e. The molecule has 0 aliphatic rings. The first-order chi connectivity index (χ1) is 7.04. The molecule has 0 aromatic rings. The highest BCUT2D eigenvalue weighted by Gasteiger charge is 2.01. The molecule has 0 heterocycles. The molecule has 2 amide bonds. The Morgan fingerprint density at radius 2 is 2.07 bits per heavy atom. The molecule has 2 N–H and O–H groups in total. The van der Waals surface area contributed by atoms with E-state index in [-0.39, 0.29) is 6.03 Å². The summed E-state index contributed by atoms with van der Waals surface area (Å²) in [5, 5.41) is 5.12. The maximum atomic E-state index is 11.0. The van der Waals surface area contributed by atoms with Crippen molar-refractivity contribution in [1.82, 2.24) is 10.6 Å². The zero-order valence-corrected chi connectivity index (χ0v) is 9.98. The van der Waals surface area contributed by atoms with Crippen LogP contribution in [0.4, 0.5) is 4.79 Å². The summed E-state index contributed by atoms with van der Waals surface area (Å²) in [6.07, 6.45) is 5.05. The number of nitrogens with one attached hydrogen (secondary N) is 2. The largest absolute Gasteiger partial charge is 0.341 e. The summed E-state index contributed by atoms with van der Waals surface area (Å²) in [5.74, 6) is 0. The predicted molar refractivity (Wildman–Crippen MR) is 64.5 cm³/mol. The molecule has 0 rings (SSSR count). The van der Waals surface area contributed by atoms with E-state index >= 15 is 0 Å². The monoisotopic (exact) mass is 208 g/mol. The summed E-state index contributed by atoms with van der Waals surface area (Å²) in [4.78, 5) is 11.0. The highest BCUT2D eigenvalue weighted by atomic mass is 16.2. The molecule has 0 aliphatic heterocycles. The van der Waals surface area contributed by atoms with Crippen LogP contribution in [0.1, 0.15) is 27.2 Å². The van der Waals surface area contributed by atoms with Crippen LogP contribution in [0.5, 0.6) is 0 Å². The topological polar surface area (TPSA) is 41.1 Å². The number of carbonyl (C=O) groups excluding carboxylic acids is 1. The molecule has 0 atom stereocenters. The SMILES string of the molecule is C=C(NC(=O)NC)/C(C)=C\C(=C/C)CC. The van der Waals surface area contributed by atoms with Crippen molar-refractivity contribution in [2.45, 2.75) is 27.2 Å². The standard InChI is InChI=1S/C12H20N2O/c1-6-11(7-2)8-9(3)10(4)14-12(15)13-5/h6,8H,4,7H2,1-3,5H3,(H2,13,14,15)/b9-8-,11-6-. The molecule has 0 spiro atoms. The van der Waals surface area contributed by atoms with E-state index in [0.717, 1.165) is 12.0 Å². The Hall–Kier alpha value is -1.51. The molecule has 0 unspecified atom stereocenters. The molecule has 0 aliphatic carbocycles. The zero-order valence-electron chi connectivity index (χ0n) is 9.98. The lowest BCUT2D eigenvalue weighted by atomic mass is 10.1. The molecule has 0 aromatic carbocycles. The van der Waals surface area contributed by atoms with Crippen molar-refractivity contribution in [1.29, 1.82) is 0 Å². The summed E-state index contributed by atoms with van der Waals surface area (Å²) in [7, 11) is 1.57. The van der Waals surface area contributed by atoms with Crippen LogP contribution >= 0.6 is 0 Å². The second kappa shape index (κ2) is 6.87. The average Bonchev–Trinajstić information content (AvgIpc) is 2.24. The van der Waals surface area contributed by atoms with Crippen molar-refractivity contribution in [3.05, 3.63) is 35.6 Å². The van der Waals surface area contributed by atoms with Gasteiger partial charge in [-0.1, -0.05) is 31.2 Å². The highest BCUT2D eigenvalue weighted by molar-refractivity contribution is 5.76. The Kier molecular flexibility index (Phi) is 6.18. The molecule has 84 valence electrons. The third-order valence-electron chi connectivity index (χ3n) is 2.15. The van der Waals surface area contributed by atoms with Gasteiger partial charge in [0.1, 0.15) is 0 Å². The van der Waals surface area contributed by atoms with Gasteiger partial charge < -0.3 is 10.6 Å². The van der Waals surface area contributed by atoms with Gasteiger partial charge in [-0.2, -0.15) is 0 Å². The van der Waals surface area contributed by atoms with E-state index in [9.17, 15) is 4.79 Å². The van der Waals surface area contributed by atoms with Crippen molar-refractivity contribution < 1.29 is 4.79 Å². The van der Waals surface area contributed by atoms with E-state index in [0.29, 0.717) is 5.70 Å². The van der Waals surface area contributed by atoms with Crippen LogP contribution in [0.3, 0.4) is 0 Å². The van der Waals surface area contributed by atoms with Crippen LogP contribution in [-0.4, -0.2) is 13.1 Å². The summed E-state index contributed by atoms with van der Waals surface area (Å²) < 4.78 is 0. The molecule has 0 bridgehead atoms. The minimum absolute atomic E-state index is 0.244. The predicted octanol–water partition coefficient (Wildman–Crippen LogP) is 2.73. The Morgan fingerprint density at radius 3 is 2.47 bits per heavy atom. The van der Waals surface area contributed by atoms with Crippen molar-refractivity contribution in [3.8, 4) is 0 Å². The van der Waals surface area contributed by atoms with Gasteiger partial charge in [0.25, 0.3) is 0 Å². The highest BCUT2D eigenvalue weighted by Crippen LogP contribution is 2.10. The first-order valence-electron chi connectivity index (χ1n) is 5.06. The third kappa shape index (κ3) is 5.05. The summed E-state index contributed by atoms with van der Waals surface area (Å²) in [6.45, 7) is 9.81. The third-order valence-corrected chi connectivity index (χ3v) is 2.15. The molecule has 0 fully saturated rings. The van der Waals surface area contributed by atoms with Crippen LogP contribution < -0.4 is 10.6 Å². The van der Waals surface area contributed by atoms with Crippen molar-refractivity contribution in [2.24, 2.45) is 0 Å². The first kappa shape index (κ1) is 13.5. The second-order valence-electron chi connectivity index (χ2n) is 3.23. The van der Waals surface area contributed by atoms with Crippen LogP contribution in [-0.2, 0) is 0 Å². The van der Waals surface area contributed by atoms with Crippen LogP contribution in [0.15, 0.2) is 35.6 Å². The lowest BCUT2D eigenvalue weighted by Gasteiger charge is -2.08. The van der Waals surface area contributed by atoms with E-state index in [1.54, 1.807) is 7.05 Å². The molecule has 0 aromatic heterocycles. The quantitative estimate of drug-likeness (QED) is 0.685. The molecule has 3 nitrogen and oxygen atoms in total. The lowest BCUT2D eigenvalue weighted by molar-refractivity contribution is 0.245. The molecular weight excluding hydrogens is 188 g/mol. The minimum Gasteiger partial charge on any atom is -0.341 e. The number of hydrogen-bond donors (Lipinski definition) is 2. The van der Waals surface area contributed by atoms with Gasteiger partial charge in [0.05, 0.1) is 0 Å². The molecule has 0 saturated heterocycles. The van der Waals surface area contributed by atoms with E-state index < -0.39 is 0 Å². The van der Waals surface area contributed by atoms with Crippen molar-refractivity contribution in [3.63, 3.8) is 0 Å². The lowest BCUT2D eigenvalue weighted by Crippen LogP contribution is -2.32. The summed E-state index contributed by atoms with van der Waals surface area (Å²) in [6, 6.07) is -0.244. The van der Waals surface area contributed by atoms with E-state index in [1.165, 1.54) is 5.57 Å². The van der Waals surface area contributed by atoms with Crippen LogP contribution in [0.25, 0.3) is 0 Å². The number of amides is 2. The van der Waals surface area contributed by atoms with E-state index in [2.05, 4.69) is 30.2 Å². The molecule has 3 heteroatoms. The molecular formula is C12H20N2O. The van der Waals surface area contributed by atoms with Crippen LogP contribution in [0, 0.1) is 0 Å². The first-order valence-corrected chi connectivity index (χ1v) is 5.06. The van der Waals surface area contributed by atoms with Gasteiger partial charge in [-0.15, -0.1) is 0 Å². The van der Waals surface area contributed by atoms with E-state index in [4.69, 9.17) is 0 Å². The number of urea groups is 1. The van der Waals surface area contributed by atoms with Crippen molar-refractivity contribution in [2.75, 3.05) is 7.05 Å². The van der Waals surface area contributed by atoms with Gasteiger partial charge in [-0.3, -0.25) is 0 Å². The Morgan fingerprint density at radius 1 is 1.47 bits per heavy atom. The van der Waals surface area contributed by atoms with Gasteiger partial charge >= 0.3 is 6.03 Å². The summed E-state index contributed by atoms with van der Waals surface area (Å²) >= 11 is 0. The van der Waals surface area contributed by atoms with Crippen LogP contribution in [0.2, 0.25) is 0 Å². The fourth-order valence-electron chi connectivity index (χ4n) is 1.05. The van der Waals surface area contributed by atoms with Gasteiger partial charge in [-0.05, 0) is 25.8 Å². The number of carbonyl (C=O) groups is 1. The maximum absolute atomic E-state index is 11.0. The molecule has 15 heavy (non-hydrogen) atoms. The zero-order chi connectivity index (χ0) is 11.8. The number of rotatable bonds is 4. The van der Waals surface area contributed by atoms with Crippen molar-refractivity contribution >= 4 is 6.03 Å². The molecule has 0 saturated carbocycles. The minimum atomic E-state index is -0.244.